The fourth-order valence-electron chi connectivity index (χ4n) is 4.01. The highest BCUT2D eigenvalue weighted by Gasteiger charge is 2.34. The van der Waals surface area contributed by atoms with Gasteiger partial charge in [0.05, 0.1) is 18.6 Å². The van der Waals surface area contributed by atoms with Crippen LogP contribution in [-0.4, -0.2) is 30.6 Å². The molecule has 23 heavy (non-hydrogen) atoms. The van der Waals surface area contributed by atoms with Crippen LogP contribution in [0, 0.1) is 12.0 Å². The van der Waals surface area contributed by atoms with E-state index in [1.807, 2.05) is 6.92 Å². The number of carbonyl (C=O) groups is 1. The molecule has 2 aliphatic rings. The largest absolute Gasteiger partial charge is 0.466 e. The van der Waals surface area contributed by atoms with Crippen LogP contribution in [0.25, 0.3) is 10.8 Å². The van der Waals surface area contributed by atoms with Gasteiger partial charge in [0.15, 0.2) is 0 Å². The van der Waals surface area contributed by atoms with Crippen molar-refractivity contribution >= 4 is 16.7 Å². The van der Waals surface area contributed by atoms with Crippen molar-refractivity contribution in [2.75, 3.05) is 19.7 Å². The normalized spacial score (nSPS) is 19.3. The molecule has 2 aromatic carbocycles. The first-order valence-corrected chi connectivity index (χ1v) is 8.56. The molecule has 1 fully saturated rings. The smallest absolute Gasteiger partial charge is 0.309 e. The molecule has 0 unspecified atom stereocenters. The molecular weight excluding hydrogens is 286 g/mol. The first-order chi connectivity index (χ1) is 11.3. The predicted molar refractivity (Wildman–Crippen MR) is 90.9 cm³/mol. The average molecular weight is 308 g/mol. The number of hydrogen-bond acceptors (Lipinski definition) is 3. The Morgan fingerprint density at radius 2 is 1.91 bits per heavy atom. The fourth-order valence-corrected chi connectivity index (χ4v) is 4.01. The summed E-state index contributed by atoms with van der Waals surface area (Å²) in [5, 5.41) is 2.74. The number of piperidine rings is 1. The van der Waals surface area contributed by atoms with Crippen molar-refractivity contribution in [3.63, 3.8) is 0 Å². The molecule has 0 aromatic heterocycles. The molecule has 0 atom stereocenters. The standard InChI is InChI=1S/C20H22NO2/c1-2-23-20(22)15-9-11-21(12-10-15)18-13-16-7-3-5-14-6-4-8-17(18)19(14)16/h3-8,15H,2,9-13H2,1H3. The van der Waals surface area contributed by atoms with Crippen LogP contribution in [0.2, 0.25) is 0 Å². The zero-order valence-corrected chi connectivity index (χ0v) is 13.5. The summed E-state index contributed by atoms with van der Waals surface area (Å²) in [5.41, 5.74) is 2.81. The molecule has 1 heterocycles. The minimum absolute atomic E-state index is 0.0195. The fraction of sp³-hybridized carbons (Fsp3) is 0.400. The van der Waals surface area contributed by atoms with E-state index in [1.54, 1.807) is 0 Å². The number of rotatable bonds is 3. The Morgan fingerprint density at radius 1 is 1.17 bits per heavy atom. The van der Waals surface area contributed by atoms with Crippen molar-refractivity contribution in [1.29, 1.82) is 0 Å². The lowest BCUT2D eigenvalue weighted by molar-refractivity contribution is -0.149. The maximum Gasteiger partial charge on any atom is 0.309 e. The van der Waals surface area contributed by atoms with Crippen molar-refractivity contribution in [3.8, 4) is 0 Å². The van der Waals surface area contributed by atoms with Gasteiger partial charge in [-0.25, -0.2) is 0 Å². The molecule has 3 heteroatoms. The first-order valence-electron chi connectivity index (χ1n) is 8.56. The molecule has 3 nitrogen and oxygen atoms in total. The molecule has 4 rings (SSSR count). The Labute approximate surface area is 137 Å². The van der Waals surface area contributed by atoms with Gasteiger partial charge in [-0.3, -0.25) is 9.69 Å². The molecule has 0 spiro atoms. The van der Waals surface area contributed by atoms with E-state index >= 15 is 0 Å². The minimum atomic E-state index is -0.0195. The van der Waals surface area contributed by atoms with Crippen LogP contribution in [0.4, 0.5) is 0 Å². The average Bonchev–Trinajstić information content (AvgIpc) is 2.97. The molecule has 1 aliphatic carbocycles. The molecule has 0 amide bonds. The third-order valence-electron chi connectivity index (χ3n) is 5.16. The van der Waals surface area contributed by atoms with Gasteiger partial charge < -0.3 is 4.74 Å². The predicted octanol–water partition coefficient (Wildman–Crippen LogP) is 3.55. The number of carbonyl (C=O) groups excluding carboxylic acids is 1. The van der Waals surface area contributed by atoms with Crippen molar-refractivity contribution in [3.05, 3.63) is 53.6 Å². The second-order valence-corrected chi connectivity index (χ2v) is 6.46. The molecular formula is C20H22NO2. The Bertz CT molecular complexity index is 726. The minimum Gasteiger partial charge on any atom is -0.466 e. The van der Waals surface area contributed by atoms with E-state index < -0.39 is 0 Å². The lowest BCUT2D eigenvalue weighted by atomic mass is 9.94. The topological polar surface area (TPSA) is 29.5 Å². The zero-order chi connectivity index (χ0) is 15.8. The van der Waals surface area contributed by atoms with Gasteiger partial charge in [0.1, 0.15) is 0 Å². The van der Waals surface area contributed by atoms with Crippen molar-refractivity contribution < 1.29 is 9.53 Å². The van der Waals surface area contributed by atoms with E-state index in [4.69, 9.17) is 4.74 Å². The number of nitrogens with zero attached hydrogens (tertiary/aromatic N) is 1. The molecule has 0 bridgehead atoms. The lowest BCUT2D eigenvalue weighted by Gasteiger charge is -2.35. The highest BCUT2D eigenvalue weighted by Crippen LogP contribution is 2.40. The number of likely N-dealkylation sites (tertiary alicyclic amines) is 1. The zero-order valence-electron chi connectivity index (χ0n) is 13.5. The third-order valence-corrected chi connectivity index (χ3v) is 5.16. The highest BCUT2D eigenvalue weighted by molar-refractivity contribution is 5.93. The van der Waals surface area contributed by atoms with Crippen LogP contribution >= 0.6 is 0 Å². The quantitative estimate of drug-likeness (QED) is 0.812. The summed E-state index contributed by atoms with van der Waals surface area (Å²) < 4.78 is 5.18. The van der Waals surface area contributed by atoms with Crippen LogP contribution in [0.1, 0.15) is 30.9 Å². The van der Waals surface area contributed by atoms with Crippen LogP contribution < -0.4 is 0 Å². The van der Waals surface area contributed by atoms with Gasteiger partial charge >= 0.3 is 5.97 Å². The van der Waals surface area contributed by atoms with Gasteiger partial charge in [0.2, 0.25) is 0 Å². The summed E-state index contributed by atoms with van der Waals surface area (Å²) in [7, 11) is 0. The summed E-state index contributed by atoms with van der Waals surface area (Å²) in [6.45, 7) is 4.25. The first kappa shape index (κ1) is 14.7. The molecule has 1 saturated heterocycles. The number of hydrogen-bond donors (Lipinski definition) is 0. The summed E-state index contributed by atoms with van der Waals surface area (Å²) in [6.07, 6.45) is 2.81. The van der Waals surface area contributed by atoms with Gasteiger partial charge in [0, 0.05) is 0 Å². The number of ether oxygens (including phenoxy) is 1. The van der Waals surface area contributed by atoms with Crippen LogP contribution in [0.3, 0.4) is 0 Å². The van der Waals surface area contributed by atoms with Crippen LogP contribution in [0.15, 0.2) is 36.4 Å². The Kier molecular flexibility index (Phi) is 3.82. The molecule has 0 saturated carbocycles. The molecule has 119 valence electrons. The Hall–Kier alpha value is -1.87. The monoisotopic (exact) mass is 308 g/mol. The van der Waals surface area contributed by atoms with Gasteiger partial charge in [-0.1, -0.05) is 36.4 Å². The third kappa shape index (κ3) is 2.53. The van der Waals surface area contributed by atoms with E-state index in [9.17, 15) is 4.79 Å². The second kappa shape index (κ2) is 5.97. The summed E-state index contributed by atoms with van der Waals surface area (Å²) in [6, 6.07) is 14.6. The maximum atomic E-state index is 11.9. The van der Waals surface area contributed by atoms with Gasteiger partial charge in [0.25, 0.3) is 0 Å². The van der Waals surface area contributed by atoms with E-state index in [2.05, 4.69) is 41.3 Å². The maximum absolute atomic E-state index is 11.9. The lowest BCUT2D eigenvalue weighted by Crippen LogP contribution is -2.39. The van der Waals surface area contributed by atoms with Crippen molar-refractivity contribution in [2.45, 2.75) is 26.2 Å². The van der Waals surface area contributed by atoms with Gasteiger partial charge in [-0.05, 0) is 61.2 Å². The van der Waals surface area contributed by atoms with Crippen LogP contribution in [-0.2, 0) is 16.0 Å². The highest BCUT2D eigenvalue weighted by atomic mass is 16.5. The van der Waals surface area contributed by atoms with E-state index in [-0.39, 0.29) is 11.9 Å². The Balaban J connectivity index is 1.52. The second-order valence-electron chi connectivity index (χ2n) is 6.46. The summed E-state index contributed by atoms with van der Waals surface area (Å²) in [5.74, 6) is 0.0559. The molecule has 1 radical (unpaired) electrons. The Morgan fingerprint density at radius 3 is 2.65 bits per heavy atom. The van der Waals surface area contributed by atoms with Gasteiger partial charge in [-0.2, -0.15) is 0 Å². The molecule has 1 aliphatic heterocycles. The summed E-state index contributed by atoms with van der Waals surface area (Å²) in [4.78, 5) is 14.4. The van der Waals surface area contributed by atoms with E-state index in [0.29, 0.717) is 6.61 Å². The van der Waals surface area contributed by atoms with Crippen molar-refractivity contribution in [2.24, 2.45) is 5.92 Å². The number of esters is 1. The van der Waals surface area contributed by atoms with Crippen LogP contribution in [0.5, 0.6) is 0 Å². The molecule has 2 aromatic rings. The SMILES string of the molecule is CCOC(=O)C1CCN([C]2Cc3cccc4cccc2c34)CC1. The number of benzene rings is 2. The van der Waals surface area contributed by atoms with Crippen molar-refractivity contribution in [1.82, 2.24) is 4.90 Å². The summed E-state index contributed by atoms with van der Waals surface area (Å²) >= 11 is 0. The molecule has 0 N–H and O–H groups in total. The van der Waals surface area contributed by atoms with E-state index in [1.165, 1.54) is 27.9 Å². The van der Waals surface area contributed by atoms with Gasteiger partial charge in [-0.15, -0.1) is 0 Å². The van der Waals surface area contributed by atoms with E-state index in [0.717, 1.165) is 32.4 Å².